The molecule has 0 aliphatic heterocycles. The van der Waals surface area contributed by atoms with Crippen LogP contribution in [0.5, 0.6) is 17.2 Å². The van der Waals surface area contributed by atoms with Gasteiger partial charge in [-0.2, -0.15) is 4.98 Å². The zero-order chi connectivity index (χ0) is 16.9. The van der Waals surface area contributed by atoms with Gasteiger partial charge in [-0.15, -0.1) is 0 Å². The van der Waals surface area contributed by atoms with Crippen LogP contribution in [0.4, 0.5) is 0 Å². The summed E-state index contributed by atoms with van der Waals surface area (Å²) in [7, 11) is 4.82. The van der Waals surface area contributed by atoms with E-state index in [0.717, 1.165) is 16.9 Å². The van der Waals surface area contributed by atoms with Gasteiger partial charge in [-0.25, -0.2) is 0 Å². The molecule has 0 unspecified atom stereocenters. The van der Waals surface area contributed by atoms with Crippen molar-refractivity contribution in [3.8, 4) is 28.7 Å². The van der Waals surface area contributed by atoms with E-state index in [1.54, 1.807) is 33.5 Å². The van der Waals surface area contributed by atoms with E-state index in [2.05, 4.69) is 10.1 Å². The summed E-state index contributed by atoms with van der Waals surface area (Å²) in [6, 6.07) is 13.2. The van der Waals surface area contributed by atoms with E-state index in [1.807, 2.05) is 30.3 Å². The molecule has 0 saturated carbocycles. The minimum Gasteiger partial charge on any atom is -0.496 e. The standard InChI is InChI=1S/C18H18N2O4/c1-21-14-7-5-4-6-12(14)11-17-19-18(24-20-17)13-8-9-15(22-2)16(10-13)23-3/h4-10H,11H2,1-3H3. The molecule has 3 aromatic rings. The number of rotatable bonds is 6. The number of para-hydroxylation sites is 1. The molecule has 24 heavy (non-hydrogen) atoms. The van der Waals surface area contributed by atoms with Crippen molar-refractivity contribution in [3.05, 3.63) is 53.9 Å². The number of hydrogen-bond acceptors (Lipinski definition) is 6. The second kappa shape index (κ2) is 7.04. The van der Waals surface area contributed by atoms with E-state index in [4.69, 9.17) is 18.7 Å². The average molecular weight is 326 g/mol. The van der Waals surface area contributed by atoms with Gasteiger partial charge in [0.15, 0.2) is 17.3 Å². The summed E-state index contributed by atoms with van der Waals surface area (Å²) in [5.74, 6) is 3.08. The first kappa shape index (κ1) is 15.9. The van der Waals surface area contributed by atoms with E-state index < -0.39 is 0 Å². The fraction of sp³-hybridized carbons (Fsp3) is 0.222. The Morgan fingerprint density at radius 1 is 0.875 bits per heavy atom. The van der Waals surface area contributed by atoms with Gasteiger partial charge >= 0.3 is 0 Å². The average Bonchev–Trinajstić information content (AvgIpc) is 3.10. The van der Waals surface area contributed by atoms with Crippen LogP contribution in [-0.4, -0.2) is 31.5 Å². The number of hydrogen-bond donors (Lipinski definition) is 0. The Hall–Kier alpha value is -3.02. The van der Waals surface area contributed by atoms with Crippen molar-refractivity contribution in [1.82, 2.24) is 10.1 Å². The number of methoxy groups -OCH3 is 3. The minimum absolute atomic E-state index is 0.431. The fourth-order valence-corrected chi connectivity index (χ4v) is 2.43. The van der Waals surface area contributed by atoms with E-state index >= 15 is 0 Å². The maximum atomic E-state index is 5.37. The van der Waals surface area contributed by atoms with Crippen LogP contribution in [0.2, 0.25) is 0 Å². The first-order valence-electron chi connectivity index (χ1n) is 7.42. The summed E-state index contributed by atoms with van der Waals surface area (Å²) in [6.07, 6.45) is 0.529. The first-order chi connectivity index (χ1) is 11.7. The van der Waals surface area contributed by atoms with Gasteiger partial charge in [0, 0.05) is 17.5 Å². The van der Waals surface area contributed by atoms with Crippen LogP contribution in [0.15, 0.2) is 47.0 Å². The van der Waals surface area contributed by atoms with Crippen molar-refractivity contribution in [1.29, 1.82) is 0 Å². The van der Waals surface area contributed by atoms with E-state index in [-0.39, 0.29) is 0 Å². The molecule has 2 aromatic carbocycles. The Kier molecular flexibility index (Phi) is 4.65. The van der Waals surface area contributed by atoms with Crippen molar-refractivity contribution in [2.75, 3.05) is 21.3 Å². The molecule has 0 aliphatic rings. The zero-order valence-electron chi connectivity index (χ0n) is 13.8. The van der Waals surface area contributed by atoms with Crippen LogP contribution in [-0.2, 0) is 6.42 Å². The Morgan fingerprint density at radius 2 is 1.62 bits per heavy atom. The van der Waals surface area contributed by atoms with Crippen LogP contribution in [0.3, 0.4) is 0 Å². The molecule has 0 amide bonds. The van der Waals surface area contributed by atoms with E-state index in [0.29, 0.717) is 29.6 Å². The molecule has 0 saturated heterocycles. The van der Waals surface area contributed by atoms with Crippen molar-refractivity contribution < 1.29 is 18.7 Å². The normalized spacial score (nSPS) is 10.5. The van der Waals surface area contributed by atoms with Crippen LogP contribution in [0, 0.1) is 0 Å². The Bertz CT molecular complexity index is 829. The third kappa shape index (κ3) is 3.17. The minimum atomic E-state index is 0.431. The summed E-state index contributed by atoms with van der Waals surface area (Å²) < 4.78 is 21.3. The lowest BCUT2D eigenvalue weighted by Crippen LogP contribution is -1.95. The summed E-state index contributed by atoms with van der Waals surface area (Å²) in [5, 5.41) is 4.05. The second-order valence-corrected chi connectivity index (χ2v) is 5.07. The van der Waals surface area contributed by atoms with Gasteiger partial charge in [0.25, 0.3) is 5.89 Å². The third-order valence-electron chi connectivity index (χ3n) is 3.64. The van der Waals surface area contributed by atoms with Crippen molar-refractivity contribution in [2.45, 2.75) is 6.42 Å². The SMILES string of the molecule is COc1ccccc1Cc1noc(-c2ccc(OC)c(OC)c2)n1. The lowest BCUT2D eigenvalue weighted by atomic mass is 10.1. The summed E-state index contributed by atoms with van der Waals surface area (Å²) in [5.41, 5.74) is 1.77. The number of ether oxygens (including phenoxy) is 3. The van der Waals surface area contributed by atoms with Gasteiger partial charge < -0.3 is 18.7 Å². The molecule has 3 rings (SSSR count). The molecule has 0 atom stereocenters. The smallest absolute Gasteiger partial charge is 0.258 e. The number of nitrogens with zero attached hydrogens (tertiary/aromatic N) is 2. The van der Waals surface area contributed by atoms with Gasteiger partial charge in [-0.05, 0) is 24.3 Å². The molecule has 1 aromatic heterocycles. The molecule has 0 fully saturated rings. The molecule has 0 aliphatic carbocycles. The topological polar surface area (TPSA) is 66.6 Å². The Balaban J connectivity index is 1.85. The molecule has 0 N–H and O–H groups in total. The fourth-order valence-electron chi connectivity index (χ4n) is 2.43. The summed E-state index contributed by atoms with van der Waals surface area (Å²) in [6.45, 7) is 0. The van der Waals surface area contributed by atoms with Gasteiger partial charge in [-0.3, -0.25) is 0 Å². The van der Waals surface area contributed by atoms with Crippen LogP contribution >= 0.6 is 0 Å². The monoisotopic (exact) mass is 326 g/mol. The highest BCUT2D eigenvalue weighted by Crippen LogP contribution is 2.31. The molecule has 6 nitrogen and oxygen atoms in total. The maximum absolute atomic E-state index is 5.37. The molecule has 6 heteroatoms. The lowest BCUT2D eigenvalue weighted by molar-refractivity contribution is 0.355. The van der Waals surface area contributed by atoms with Gasteiger partial charge in [-0.1, -0.05) is 23.4 Å². The first-order valence-corrected chi connectivity index (χ1v) is 7.42. The van der Waals surface area contributed by atoms with Gasteiger partial charge in [0.2, 0.25) is 0 Å². The van der Waals surface area contributed by atoms with Crippen molar-refractivity contribution in [3.63, 3.8) is 0 Å². The highest BCUT2D eigenvalue weighted by atomic mass is 16.5. The van der Waals surface area contributed by atoms with E-state index in [1.165, 1.54) is 0 Å². The predicted molar refractivity (Wildman–Crippen MR) is 88.6 cm³/mol. The van der Waals surface area contributed by atoms with Gasteiger partial charge in [0.1, 0.15) is 5.75 Å². The Labute approximate surface area is 140 Å². The molecular formula is C18H18N2O4. The summed E-state index contributed by atoms with van der Waals surface area (Å²) >= 11 is 0. The second-order valence-electron chi connectivity index (χ2n) is 5.07. The number of benzene rings is 2. The largest absolute Gasteiger partial charge is 0.496 e. The quantitative estimate of drug-likeness (QED) is 0.692. The highest BCUT2D eigenvalue weighted by molar-refractivity contribution is 5.59. The van der Waals surface area contributed by atoms with Crippen molar-refractivity contribution in [2.24, 2.45) is 0 Å². The van der Waals surface area contributed by atoms with Crippen molar-refractivity contribution >= 4 is 0 Å². The molecule has 0 spiro atoms. The molecule has 1 heterocycles. The van der Waals surface area contributed by atoms with E-state index in [9.17, 15) is 0 Å². The highest BCUT2D eigenvalue weighted by Gasteiger charge is 2.14. The molecule has 124 valence electrons. The molecule has 0 bridgehead atoms. The van der Waals surface area contributed by atoms with Gasteiger partial charge in [0.05, 0.1) is 21.3 Å². The van der Waals surface area contributed by atoms with Crippen LogP contribution in [0.25, 0.3) is 11.5 Å². The summed E-state index contributed by atoms with van der Waals surface area (Å²) in [4.78, 5) is 4.45. The molecular weight excluding hydrogens is 308 g/mol. The van der Waals surface area contributed by atoms with Crippen LogP contribution in [0.1, 0.15) is 11.4 Å². The van der Waals surface area contributed by atoms with Crippen LogP contribution < -0.4 is 14.2 Å². The number of aromatic nitrogens is 2. The maximum Gasteiger partial charge on any atom is 0.258 e. The predicted octanol–water partition coefficient (Wildman–Crippen LogP) is 3.35. The Morgan fingerprint density at radius 3 is 2.38 bits per heavy atom. The zero-order valence-corrected chi connectivity index (χ0v) is 13.8. The lowest BCUT2D eigenvalue weighted by Gasteiger charge is -2.07. The molecule has 0 radical (unpaired) electrons. The third-order valence-corrected chi connectivity index (χ3v) is 3.64.